The molecule has 0 saturated carbocycles. The molecule has 1 aliphatic heterocycles. The molecule has 5 heteroatoms. The van der Waals surface area contributed by atoms with Crippen molar-refractivity contribution in [2.45, 2.75) is 20.3 Å². The Morgan fingerprint density at radius 2 is 2.00 bits per heavy atom. The van der Waals surface area contributed by atoms with Gasteiger partial charge in [0.1, 0.15) is 5.92 Å². The van der Waals surface area contributed by atoms with Crippen LogP contribution in [0.2, 0.25) is 0 Å². The molecule has 0 bridgehead atoms. The molecule has 1 aromatic rings. The number of amides is 1. The smallest absolute Gasteiger partial charge is 0.316 e. The van der Waals surface area contributed by atoms with Crippen LogP contribution in [0.1, 0.15) is 27.9 Å². The summed E-state index contributed by atoms with van der Waals surface area (Å²) in [7, 11) is 1.27. The van der Waals surface area contributed by atoms with Gasteiger partial charge in [-0.2, -0.15) is 0 Å². The van der Waals surface area contributed by atoms with Crippen LogP contribution >= 0.6 is 0 Å². The molecule has 21 heavy (non-hydrogen) atoms. The Morgan fingerprint density at radius 1 is 1.29 bits per heavy atom. The number of Topliss-reactive ketones (excluding diaryl/α,β-unsaturated/α-hetero) is 1. The highest BCUT2D eigenvalue weighted by molar-refractivity contribution is 6.04. The second-order valence-corrected chi connectivity index (χ2v) is 5.38. The van der Waals surface area contributed by atoms with Crippen molar-refractivity contribution < 1.29 is 19.1 Å². The first-order chi connectivity index (χ1) is 9.93. The van der Waals surface area contributed by atoms with Crippen LogP contribution < -0.4 is 0 Å². The number of esters is 1. The molecule has 1 unspecified atom stereocenters. The zero-order valence-electron chi connectivity index (χ0n) is 12.5. The van der Waals surface area contributed by atoms with E-state index in [-0.39, 0.29) is 18.2 Å². The van der Waals surface area contributed by atoms with Gasteiger partial charge in [-0.3, -0.25) is 14.4 Å². The fourth-order valence-electron chi connectivity index (χ4n) is 2.52. The number of ketones is 1. The van der Waals surface area contributed by atoms with Crippen molar-refractivity contribution in [3.63, 3.8) is 0 Å². The Kier molecular flexibility index (Phi) is 4.40. The Hall–Kier alpha value is -2.17. The molecule has 112 valence electrons. The van der Waals surface area contributed by atoms with Gasteiger partial charge < -0.3 is 9.64 Å². The van der Waals surface area contributed by atoms with Crippen LogP contribution in [0.15, 0.2) is 18.2 Å². The average Bonchev–Trinajstić information content (AvgIpc) is 2.48. The number of hydrogen-bond donors (Lipinski definition) is 0. The molecule has 1 heterocycles. The van der Waals surface area contributed by atoms with Crippen molar-refractivity contribution in [1.82, 2.24) is 4.90 Å². The van der Waals surface area contributed by atoms with Gasteiger partial charge in [-0.1, -0.05) is 17.7 Å². The van der Waals surface area contributed by atoms with Crippen LogP contribution in [-0.2, 0) is 14.3 Å². The minimum atomic E-state index is -0.738. The maximum absolute atomic E-state index is 12.5. The quantitative estimate of drug-likeness (QED) is 0.611. The third kappa shape index (κ3) is 3.12. The van der Waals surface area contributed by atoms with Gasteiger partial charge >= 0.3 is 5.97 Å². The van der Waals surface area contributed by atoms with E-state index >= 15 is 0 Å². The molecule has 0 aromatic heterocycles. The number of benzene rings is 1. The Bertz CT molecular complexity index is 594. The van der Waals surface area contributed by atoms with Crippen molar-refractivity contribution >= 4 is 17.7 Å². The summed E-state index contributed by atoms with van der Waals surface area (Å²) in [4.78, 5) is 37.5. The summed E-state index contributed by atoms with van der Waals surface area (Å²) in [5, 5.41) is 0. The molecule has 1 aromatic carbocycles. The second-order valence-electron chi connectivity index (χ2n) is 5.38. The highest BCUT2D eigenvalue weighted by Gasteiger charge is 2.35. The van der Waals surface area contributed by atoms with Gasteiger partial charge in [0, 0.05) is 12.1 Å². The molecule has 1 aliphatic rings. The molecule has 1 atom stereocenters. The van der Waals surface area contributed by atoms with E-state index < -0.39 is 11.9 Å². The van der Waals surface area contributed by atoms with E-state index in [0.29, 0.717) is 18.5 Å². The van der Waals surface area contributed by atoms with E-state index in [2.05, 4.69) is 4.74 Å². The number of methoxy groups -OCH3 is 1. The number of likely N-dealkylation sites (tertiary alicyclic amines) is 1. The minimum Gasteiger partial charge on any atom is -0.468 e. The van der Waals surface area contributed by atoms with Crippen molar-refractivity contribution in [3.8, 4) is 0 Å². The number of aryl methyl sites for hydroxylation is 2. The lowest BCUT2D eigenvalue weighted by Crippen LogP contribution is -2.46. The summed E-state index contributed by atoms with van der Waals surface area (Å²) in [6.45, 7) is 4.14. The number of nitrogens with zero attached hydrogens (tertiary/aromatic N) is 1. The first kappa shape index (κ1) is 15.2. The first-order valence-corrected chi connectivity index (χ1v) is 6.91. The van der Waals surface area contributed by atoms with E-state index in [1.54, 1.807) is 0 Å². The lowest BCUT2D eigenvalue weighted by molar-refractivity contribution is -0.151. The molecule has 1 amide bonds. The van der Waals surface area contributed by atoms with Crippen LogP contribution in [0.5, 0.6) is 0 Å². The van der Waals surface area contributed by atoms with Gasteiger partial charge in [0.25, 0.3) is 5.91 Å². The lowest BCUT2D eigenvalue weighted by atomic mass is 9.94. The SMILES string of the molecule is COC(=O)C1CCN(C(=O)c2cc(C)ccc2C)CC1=O. The van der Waals surface area contributed by atoms with E-state index in [4.69, 9.17) is 0 Å². The predicted molar refractivity (Wildman–Crippen MR) is 76.9 cm³/mol. The fourth-order valence-corrected chi connectivity index (χ4v) is 2.52. The normalized spacial score (nSPS) is 18.5. The molecule has 0 N–H and O–H groups in total. The molecule has 0 spiro atoms. The highest BCUT2D eigenvalue weighted by Crippen LogP contribution is 2.19. The molecular weight excluding hydrogens is 270 g/mol. The Morgan fingerprint density at radius 3 is 2.62 bits per heavy atom. The minimum absolute atomic E-state index is 0.0357. The van der Waals surface area contributed by atoms with Crippen molar-refractivity contribution in [3.05, 3.63) is 34.9 Å². The Labute approximate surface area is 123 Å². The number of ether oxygens (including phenoxy) is 1. The number of piperidine rings is 1. The van der Waals surface area contributed by atoms with Gasteiger partial charge in [0.05, 0.1) is 13.7 Å². The maximum atomic E-state index is 12.5. The van der Waals surface area contributed by atoms with Crippen LogP contribution in [0.25, 0.3) is 0 Å². The third-order valence-corrected chi connectivity index (χ3v) is 3.82. The van der Waals surface area contributed by atoms with Gasteiger partial charge in [0.15, 0.2) is 5.78 Å². The molecule has 1 saturated heterocycles. The summed E-state index contributed by atoms with van der Waals surface area (Å²) in [5.74, 6) is -1.67. The van der Waals surface area contributed by atoms with Gasteiger partial charge in [-0.05, 0) is 31.9 Å². The fraction of sp³-hybridized carbons (Fsp3) is 0.438. The standard InChI is InChI=1S/C16H19NO4/c1-10-4-5-11(2)13(8-10)15(19)17-7-6-12(14(18)9-17)16(20)21-3/h4-5,8,12H,6-7,9H2,1-3H3. The van der Waals surface area contributed by atoms with E-state index in [9.17, 15) is 14.4 Å². The third-order valence-electron chi connectivity index (χ3n) is 3.82. The first-order valence-electron chi connectivity index (χ1n) is 6.91. The number of rotatable bonds is 2. The van der Waals surface area contributed by atoms with Crippen LogP contribution in [0, 0.1) is 19.8 Å². The summed E-state index contributed by atoms with van der Waals surface area (Å²) >= 11 is 0. The number of hydrogen-bond acceptors (Lipinski definition) is 4. The molecule has 0 aliphatic carbocycles. The number of carbonyl (C=O) groups excluding carboxylic acids is 3. The van der Waals surface area contributed by atoms with Crippen molar-refractivity contribution in [1.29, 1.82) is 0 Å². The summed E-state index contributed by atoms with van der Waals surface area (Å²) in [6.07, 6.45) is 0.322. The zero-order valence-corrected chi connectivity index (χ0v) is 12.5. The molecule has 5 nitrogen and oxygen atoms in total. The lowest BCUT2D eigenvalue weighted by Gasteiger charge is -2.30. The van der Waals surface area contributed by atoms with Gasteiger partial charge in [0.2, 0.25) is 0 Å². The molecule has 0 radical (unpaired) electrons. The van der Waals surface area contributed by atoms with Crippen LogP contribution in [0.3, 0.4) is 0 Å². The Balaban J connectivity index is 2.14. The second kappa shape index (κ2) is 6.08. The van der Waals surface area contributed by atoms with Crippen LogP contribution in [0.4, 0.5) is 0 Å². The highest BCUT2D eigenvalue weighted by atomic mass is 16.5. The summed E-state index contributed by atoms with van der Waals surface area (Å²) < 4.78 is 4.61. The zero-order chi connectivity index (χ0) is 15.6. The molecular formula is C16H19NO4. The number of carbonyl (C=O) groups is 3. The summed E-state index contributed by atoms with van der Waals surface area (Å²) in [6, 6.07) is 5.67. The maximum Gasteiger partial charge on any atom is 0.316 e. The molecule has 2 rings (SSSR count). The average molecular weight is 289 g/mol. The topological polar surface area (TPSA) is 63.7 Å². The van der Waals surface area contributed by atoms with E-state index in [1.807, 2.05) is 32.0 Å². The largest absolute Gasteiger partial charge is 0.468 e. The van der Waals surface area contributed by atoms with Gasteiger partial charge in [-0.25, -0.2) is 0 Å². The van der Waals surface area contributed by atoms with E-state index in [0.717, 1.165) is 11.1 Å². The van der Waals surface area contributed by atoms with Crippen molar-refractivity contribution in [2.75, 3.05) is 20.2 Å². The molecule has 1 fully saturated rings. The van der Waals surface area contributed by atoms with Crippen molar-refractivity contribution in [2.24, 2.45) is 5.92 Å². The van der Waals surface area contributed by atoms with E-state index in [1.165, 1.54) is 12.0 Å². The predicted octanol–water partition coefficient (Wildman–Crippen LogP) is 1.51. The monoisotopic (exact) mass is 289 g/mol. The van der Waals surface area contributed by atoms with Gasteiger partial charge in [-0.15, -0.1) is 0 Å². The van der Waals surface area contributed by atoms with Crippen LogP contribution in [-0.4, -0.2) is 42.8 Å². The summed E-state index contributed by atoms with van der Waals surface area (Å²) in [5.41, 5.74) is 2.49.